The first kappa shape index (κ1) is 23.7. The summed E-state index contributed by atoms with van der Waals surface area (Å²) in [7, 11) is 1.51. The van der Waals surface area contributed by atoms with E-state index in [4.69, 9.17) is 14.2 Å². The molecule has 3 rings (SSSR count). The first-order chi connectivity index (χ1) is 16.0. The van der Waals surface area contributed by atoms with Crippen LogP contribution in [0.15, 0.2) is 47.6 Å². The smallest absolute Gasteiger partial charge is 0.329 e. The summed E-state index contributed by atoms with van der Waals surface area (Å²) < 4.78 is 16.0. The molecule has 1 aliphatic rings. The van der Waals surface area contributed by atoms with Crippen LogP contribution < -0.4 is 20.2 Å². The number of carbonyl (C=O) groups is 3. The highest BCUT2D eigenvalue weighted by atomic mass is 16.5. The molecule has 2 aromatic rings. The minimum Gasteiger partial charge on any atom is -0.496 e. The van der Waals surface area contributed by atoms with Gasteiger partial charge in [-0.3, -0.25) is 14.4 Å². The molecule has 1 aliphatic heterocycles. The fourth-order valence-corrected chi connectivity index (χ4v) is 3.18. The number of rotatable bonds is 7. The van der Waals surface area contributed by atoms with Gasteiger partial charge in [0, 0.05) is 18.7 Å². The monoisotopic (exact) mass is 454 g/mol. The van der Waals surface area contributed by atoms with Gasteiger partial charge in [-0.1, -0.05) is 12.1 Å². The maximum Gasteiger partial charge on any atom is 0.329 e. The summed E-state index contributed by atoms with van der Waals surface area (Å²) in [5.41, 5.74) is 3.27. The number of anilines is 1. The second kappa shape index (κ2) is 11.6. The van der Waals surface area contributed by atoms with Gasteiger partial charge in [0.25, 0.3) is 5.91 Å². The molecule has 0 spiro atoms. The highest BCUT2D eigenvalue weighted by Crippen LogP contribution is 2.22. The number of hydrogen-bond acceptors (Lipinski definition) is 7. The highest BCUT2D eigenvalue weighted by molar-refractivity contribution is 6.40. The Morgan fingerprint density at radius 2 is 1.88 bits per heavy atom. The van der Waals surface area contributed by atoms with Crippen LogP contribution >= 0.6 is 0 Å². The molecule has 1 heterocycles. The quantitative estimate of drug-likeness (QED) is 0.373. The van der Waals surface area contributed by atoms with E-state index in [0.29, 0.717) is 55.5 Å². The Kier molecular flexibility index (Phi) is 8.36. The number of ether oxygens (including phenoxy) is 3. The van der Waals surface area contributed by atoms with Crippen molar-refractivity contribution in [2.24, 2.45) is 5.10 Å². The second-order valence-corrected chi connectivity index (χ2v) is 6.94. The third kappa shape index (κ3) is 6.30. The number of nitrogens with one attached hydrogen (secondary N) is 2. The largest absolute Gasteiger partial charge is 0.496 e. The number of amides is 3. The zero-order valence-electron chi connectivity index (χ0n) is 18.5. The van der Waals surface area contributed by atoms with Crippen molar-refractivity contribution < 1.29 is 28.6 Å². The summed E-state index contributed by atoms with van der Waals surface area (Å²) in [6.45, 7) is 4.20. The van der Waals surface area contributed by atoms with Gasteiger partial charge < -0.3 is 24.4 Å². The average Bonchev–Trinajstić information content (AvgIpc) is 2.85. The van der Waals surface area contributed by atoms with E-state index in [0.717, 1.165) is 0 Å². The molecule has 3 amide bonds. The molecular formula is C23H26N4O6. The Bertz CT molecular complexity index is 1030. The number of morpholine rings is 1. The molecule has 10 heteroatoms. The molecule has 0 aliphatic carbocycles. The molecular weight excluding hydrogens is 428 g/mol. The van der Waals surface area contributed by atoms with E-state index in [-0.39, 0.29) is 11.6 Å². The van der Waals surface area contributed by atoms with E-state index in [9.17, 15) is 14.4 Å². The third-order valence-corrected chi connectivity index (χ3v) is 4.79. The van der Waals surface area contributed by atoms with E-state index in [1.54, 1.807) is 47.4 Å². The van der Waals surface area contributed by atoms with Crippen LogP contribution in [0.25, 0.3) is 0 Å². The molecule has 2 aromatic carbocycles. The number of hydrazone groups is 1. The molecule has 0 aromatic heterocycles. The predicted molar refractivity (Wildman–Crippen MR) is 122 cm³/mol. The van der Waals surface area contributed by atoms with Crippen LogP contribution in [0.2, 0.25) is 0 Å². The molecule has 0 atom stereocenters. The second-order valence-electron chi connectivity index (χ2n) is 6.94. The Balaban J connectivity index is 1.64. The van der Waals surface area contributed by atoms with Crippen LogP contribution in [0.5, 0.6) is 11.5 Å². The van der Waals surface area contributed by atoms with E-state index >= 15 is 0 Å². The normalized spacial score (nSPS) is 13.5. The SMILES string of the molecule is CCOc1ccc(OC)c(/C=N/NC(=O)C(=O)Nc2ccccc2C(=O)N2CCOCC2)c1. The predicted octanol–water partition coefficient (Wildman–Crippen LogP) is 1.66. The van der Waals surface area contributed by atoms with E-state index in [1.165, 1.54) is 13.3 Å². The van der Waals surface area contributed by atoms with E-state index in [1.807, 2.05) is 6.92 Å². The molecule has 1 fully saturated rings. The maximum absolute atomic E-state index is 12.8. The summed E-state index contributed by atoms with van der Waals surface area (Å²) in [6.07, 6.45) is 1.35. The number of para-hydroxylation sites is 1. The van der Waals surface area contributed by atoms with Crippen molar-refractivity contribution in [2.45, 2.75) is 6.92 Å². The number of hydrogen-bond donors (Lipinski definition) is 2. The summed E-state index contributed by atoms with van der Waals surface area (Å²) in [5, 5.41) is 6.31. The van der Waals surface area contributed by atoms with Crippen LogP contribution in [0.1, 0.15) is 22.8 Å². The van der Waals surface area contributed by atoms with Gasteiger partial charge in [0.1, 0.15) is 11.5 Å². The third-order valence-electron chi connectivity index (χ3n) is 4.79. The summed E-state index contributed by atoms with van der Waals surface area (Å²) in [4.78, 5) is 39.1. The van der Waals surface area contributed by atoms with Crippen molar-refractivity contribution in [3.8, 4) is 11.5 Å². The first-order valence-corrected chi connectivity index (χ1v) is 10.4. The molecule has 0 saturated carbocycles. The van der Waals surface area contributed by atoms with Crippen molar-refractivity contribution in [1.82, 2.24) is 10.3 Å². The number of benzene rings is 2. The van der Waals surface area contributed by atoms with Gasteiger partial charge in [-0.25, -0.2) is 5.43 Å². The minimum absolute atomic E-state index is 0.240. The molecule has 0 bridgehead atoms. The van der Waals surface area contributed by atoms with Crippen molar-refractivity contribution in [2.75, 3.05) is 45.3 Å². The lowest BCUT2D eigenvalue weighted by Gasteiger charge is -2.27. The lowest BCUT2D eigenvalue weighted by Crippen LogP contribution is -2.41. The molecule has 174 valence electrons. The van der Waals surface area contributed by atoms with Gasteiger partial charge in [-0.05, 0) is 37.3 Å². The van der Waals surface area contributed by atoms with Gasteiger partial charge >= 0.3 is 11.8 Å². The first-order valence-electron chi connectivity index (χ1n) is 10.4. The summed E-state index contributed by atoms with van der Waals surface area (Å²) >= 11 is 0. The van der Waals surface area contributed by atoms with Crippen molar-refractivity contribution in [3.63, 3.8) is 0 Å². The Morgan fingerprint density at radius 1 is 1.12 bits per heavy atom. The maximum atomic E-state index is 12.8. The van der Waals surface area contributed by atoms with Gasteiger partial charge in [-0.2, -0.15) is 5.10 Å². The van der Waals surface area contributed by atoms with Crippen LogP contribution in [0.3, 0.4) is 0 Å². The molecule has 2 N–H and O–H groups in total. The van der Waals surface area contributed by atoms with Crippen LogP contribution in [-0.4, -0.2) is 68.9 Å². The molecule has 0 radical (unpaired) electrons. The van der Waals surface area contributed by atoms with Gasteiger partial charge in [0.15, 0.2) is 0 Å². The van der Waals surface area contributed by atoms with Crippen molar-refractivity contribution >= 4 is 29.6 Å². The molecule has 10 nitrogen and oxygen atoms in total. The number of carbonyl (C=O) groups excluding carboxylic acids is 3. The Labute approximate surface area is 191 Å². The molecule has 0 unspecified atom stereocenters. The zero-order chi connectivity index (χ0) is 23.6. The standard InChI is InChI=1S/C23H26N4O6/c1-3-33-17-8-9-20(31-2)16(14-17)15-24-26-22(29)21(28)25-19-7-5-4-6-18(19)23(30)27-10-12-32-13-11-27/h4-9,14-15H,3,10-13H2,1-2H3,(H,25,28)(H,26,29)/b24-15+. The average molecular weight is 454 g/mol. The van der Waals surface area contributed by atoms with E-state index in [2.05, 4.69) is 15.8 Å². The fourth-order valence-electron chi connectivity index (χ4n) is 3.18. The van der Waals surface area contributed by atoms with Crippen molar-refractivity contribution in [3.05, 3.63) is 53.6 Å². The number of methoxy groups -OCH3 is 1. The van der Waals surface area contributed by atoms with Crippen LogP contribution in [-0.2, 0) is 14.3 Å². The summed E-state index contributed by atoms with van der Waals surface area (Å²) in [6, 6.07) is 11.7. The Hall–Kier alpha value is -3.92. The molecule has 1 saturated heterocycles. The molecule has 33 heavy (non-hydrogen) atoms. The van der Waals surface area contributed by atoms with Gasteiger partial charge in [0.05, 0.1) is 44.4 Å². The number of nitrogens with zero attached hydrogens (tertiary/aromatic N) is 2. The lowest BCUT2D eigenvalue weighted by molar-refractivity contribution is -0.136. The minimum atomic E-state index is -0.986. The fraction of sp³-hybridized carbons (Fsp3) is 0.304. The Morgan fingerprint density at radius 3 is 2.61 bits per heavy atom. The zero-order valence-corrected chi connectivity index (χ0v) is 18.5. The van der Waals surface area contributed by atoms with E-state index < -0.39 is 11.8 Å². The lowest BCUT2D eigenvalue weighted by atomic mass is 10.1. The topological polar surface area (TPSA) is 119 Å². The summed E-state index contributed by atoms with van der Waals surface area (Å²) in [5.74, 6) is -1.04. The van der Waals surface area contributed by atoms with Gasteiger partial charge in [-0.15, -0.1) is 0 Å². The highest BCUT2D eigenvalue weighted by Gasteiger charge is 2.22. The van der Waals surface area contributed by atoms with Crippen LogP contribution in [0, 0.1) is 0 Å². The van der Waals surface area contributed by atoms with Gasteiger partial charge in [0.2, 0.25) is 0 Å². The van der Waals surface area contributed by atoms with Crippen molar-refractivity contribution in [1.29, 1.82) is 0 Å². The van der Waals surface area contributed by atoms with Crippen LogP contribution in [0.4, 0.5) is 5.69 Å².